The Kier molecular flexibility index (Phi) is 3.48. The van der Waals surface area contributed by atoms with Gasteiger partial charge in [0.1, 0.15) is 0 Å². The van der Waals surface area contributed by atoms with Crippen molar-refractivity contribution in [3.63, 3.8) is 0 Å². The fourth-order valence-electron chi connectivity index (χ4n) is 1.82. The number of H-pyrrole nitrogens is 1. The average Bonchev–Trinajstić information content (AvgIpc) is 2.88. The van der Waals surface area contributed by atoms with Crippen molar-refractivity contribution in [2.45, 2.75) is 17.5 Å². The molecule has 0 radical (unpaired) electrons. The van der Waals surface area contributed by atoms with E-state index >= 15 is 0 Å². The molecular weight excluding hydrogens is 258 g/mol. The molecule has 0 fully saturated rings. The van der Waals surface area contributed by atoms with Crippen LogP contribution in [-0.4, -0.2) is 20.1 Å². The van der Waals surface area contributed by atoms with Crippen LogP contribution in [0.15, 0.2) is 47.8 Å². The summed E-state index contributed by atoms with van der Waals surface area (Å²) in [6.45, 7) is 0.0409. The summed E-state index contributed by atoms with van der Waals surface area (Å²) in [6.07, 6.45) is 1.79. The summed E-state index contributed by atoms with van der Waals surface area (Å²) in [5.74, 6) is 0.785. The molecule has 0 bridgehead atoms. The molecule has 5 heteroatoms. The molecule has 0 aliphatic heterocycles. The van der Waals surface area contributed by atoms with E-state index in [1.807, 2.05) is 36.4 Å². The van der Waals surface area contributed by atoms with Gasteiger partial charge in [0.15, 0.2) is 5.16 Å². The number of benzene rings is 1. The molecule has 1 aromatic carbocycles. The zero-order chi connectivity index (χ0) is 13.1. The van der Waals surface area contributed by atoms with Gasteiger partial charge in [-0.2, -0.15) is 0 Å². The van der Waals surface area contributed by atoms with Gasteiger partial charge in [0.25, 0.3) is 0 Å². The molecule has 0 aliphatic carbocycles. The molecule has 0 aliphatic rings. The topological polar surface area (TPSA) is 61.8 Å². The first kappa shape index (κ1) is 12.2. The van der Waals surface area contributed by atoms with Crippen LogP contribution in [0.3, 0.4) is 0 Å². The zero-order valence-electron chi connectivity index (χ0n) is 10.2. The van der Waals surface area contributed by atoms with E-state index in [4.69, 9.17) is 5.11 Å². The predicted molar refractivity (Wildman–Crippen MR) is 75.8 cm³/mol. The van der Waals surface area contributed by atoms with Crippen LogP contribution in [0.4, 0.5) is 0 Å². The standard InChI is InChI=1S/C14H13N3OS/c18-8-10-4-5-12-13(7-10)17-14(16-12)19-9-11-3-1-2-6-15-11/h1-7,18H,8-9H2,(H,16,17). The number of pyridine rings is 1. The highest BCUT2D eigenvalue weighted by Crippen LogP contribution is 2.22. The third-order valence-electron chi connectivity index (χ3n) is 2.79. The van der Waals surface area contributed by atoms with E-state index in [1.54, 1.807) is 18.0 Å². The Morgan fingerprint density at radius 3 is 2.95 bits per heavy atom. The lowest BCUT2D eigenvalue weighted by molar-refractivity contribution is 0.282. The highest BCUT2D eigenvalue weighted by Gasteiger charge is 2.05. The van der Waals surface area contributed by atoms with Gasteiger partial charge in [0.2, 0.25) is 0 Å². The van der Waals surface area contributed by atoms with Gasteiger partial charge >= 0.3 is 0 Å². The molecule has 2 N–H and O–H groups in total. The number of aliphatic hydroxyl groups is 1. The molecular formula is C14H13N3OS. The van der Waals surface area contributed by atoms with Crippen molar-refractivity contribution >= 4 is 22.8 Å². The van der Waals surface area contributed by atoms with Crippen molar-refractivity contribution in [2.75, 3.05) is 0 Å². The van der Waals surface area contributed by atoms with Gasteiger partial charge in [0.05, 0.1) is 23.3 Å². The number of aliphatic hydroxyl groups excluding tert-OH is 1. The summed E-state index contributed by atoms with van der Waals surface area (Å²) in [4.78, 5) is 12.0. The van der Waals surface area contributed by atoms with Crippen molar-refractivity contribution in [2.24, 2.45) is 0 Å². The van der Waals surface area contributed by atoms with Crippen LogP contribution in [0.5, 0.6) is 0 Å². The minimum absolute atomic E-state index is 0.0409. The van der Waals surface area contributed by atoms with E-state index in [2.05, 4.69) is 15.0 Å². The maximum atomic E-state index is 9.10. The van der Waals surface area contributed by atoms with E-state index < -0.39 is 0 Å². The molecule has 3 aromatic rings. The van der Waals surface area contributed by atoms with Crippen LogP contribution in [0.2, 0.25) is 0 Å². The van der Waals surface area contributed by atoms with Crippen molar-refractivity contribution < 1.29 is 5.11 Å². The third kappa shape index (κ3) is 2.77. The van der Waals surface area contributed by atoms with Gasteiger partial charge in [0, 0.05) is 11.9 Å². The SMILES string of the molecule is OCc1ccc2[nH]c(SCc3ccccn3)nc2c1. The number of nitrogens with one attached hydrogen (secondary N) is 1. The Bertz CT molecular complexity index is 681. The quantitative estimate of drug-likeness (QED) is 0.716. The van der Waals surface area contributed by atoms with Crippen molar-refractivity contribution in [3.8, 4) is 0 Å². The highest BCUT2D eigenvalue weighted by molar-refractivity contribution is 7.98. The minimum atomic E-state index is 0.0409. The first-order valence-electron chi connectivity index (χ1n) is 5.97. The van der Waals surface area contributed by atoms with E-state index in [0.29, 0.717) is 0 Å². The highest BCUT2D eigenvalue weighted by atomic mass is 32.2. The average molecular weight is 271 g/mol. The first-order valence-corrected chi connectivity index (χ1v) is 6.96. The zero-order valence-corrected chi connectivity index (χ0v) is 11.0. The summed E-state index contributed by atoms with van der Waals surface area (Å²) in [7, 11) is 0. The molecule has 0 atom stereocenters. The Morgan fingerprint density at radius 1 is 1.21 bits per heavy atom. The summed E-state index contributed by atoms with van der Waals surface area (Å²) in [6, 6.07) is 11.6. The molecule has 0 saturated heterocycles. The Morgan fingerprint density at radius 2 is 2.16 bits per heavy atom. The lowest BCUT2D eigenvalue weighted by Crippen LogP contribution is -1.85. The molecule has 4 nitrogen and oxygen atoms in total. The van der Waals surface area contributed by atoms with E-state index in [9.17, 15) is 0 Å². The minimum Gasteiger partial charge on any atom is -0.392 e. The van der Waals surface area contributed by atoms with E-state index in [0.717, 1.165) is 33.2 Å². The Balaban J connectivity index is 1.78. The fourth-order valence-corrected chi connectivity index (χ4v) is 2.62. The molecule has 0 spiro atoms. The smallest absolute Gasteiger partial charge is 0.166 e. The molecule has 19 heavy (non-hydrogen) atoms. The number of hydrogen-bond donors (Lipinski definition) is 2. The second-order valence-corrected chi connectivity index (χ2v) is 5.13. The van der Waals surface area contributed by atoms with Crippen molar-refractivity contribution in [3.05, 3.63) is 53.9 Å². The van der Waals surface area contributed by atoms with Gasteiger partial charge in [-0.25, -0.2) is 4.98 Å². The maximum Gasteiger partial charge on any atom is 0.166 e. The molecule has 0 saturated carbocycles. The number of rotatable bonds is 4. The van der Waals surface area contributed by atoms with Crippen LogP contribution >= 0.6 is 11.8 Å². The van der Waals surface area contributed by atoms with Crippen LogP contribution in [0, 0.1) is 0 Å². The lowest BCUT2D eigenvalue weighted by Gasteiger charge is -1.96. The molecule has 2 aromatic heterocycles. The van der Waals surface area contributed by atoms with Crippen LogP contribution in [0.1, 0.15) is 11.3 Å². The van der Waals surface area contributed by atoms with Crippen LogP contribution in [0.25, 0.3) is 11.0 Å². The van der Waals surface area contributed by atoms with Gasteiger partial charge in [-0.05, 0) is 29.8 Å². The van der Waals surface area contributed by atoms with Gasteiger partial charge in [-0.1, -0.05) is 23.9 Å². The number of thioether (sulfide) groups is 1. The number of nitrogens with zero attached hydrogens (tertiary/aromatic N) is 2. The summed E-state index contributed by atoms with van der Waals surface area (Å²) in [5.41, 5.74) is 3.78. The summed E-state index contributed by atoms with van der Waals surface area (Å²) < 4.78 is 0. The maximum absolute atomic E-state index is 9.10. The molecule has 96 valence electrons. The predicted octanol–water partition coefficient (Wildman–Crippen LogP) is 2.74. The summed E-state index contributed by atoms with van der Waals surface area (Å²) in [5, 5.41) is 9.98. The van der Waals surface area contributed by atoms with Crippen LogP contribution in [-0.2, 0) is 12.4 Å². The van der Waals surface area contributed by atoms with Gasteiger partial charge in [-0.15, -0.1) is 0 Å². The number of aromatic nitrogens is 3. The number of hydrogen-bond acceptors (Lipinski definition) is 4. The largest absolute Gasteiger partial charge is 0.392 e. The molecule has 3 rings (SSSR count). The van der Waals surface area contributed by atoms with Crippen molar-refractivity contribution in [1.29, 1.82) is 0 Å². The molecule has 2 heterocycles. The Labute approximate surface area is 114 Å². The third-order valence-corrected chi connectivity index (χ3v) is 3.70. The van der Waals surface area contributed by atoms with E-state index in [-0.39, 0.29) is 6.61 Å². The van der Waals surface area contributed by atoms with Gasteiger partial charge in [-0.3, -0.25) is 4.98 Å². The number of imidazole rings is 1. The summed E-state index contributed by atoms with van der Waals surface area (Å²) >= 11 is 1.62. The van der Waals surface area contributed by atoms with Crippen molar-refractivity contribution in [1.82, 2.24) is 15.0 Å². The number of aromatic amines is 1. The monoisotopic (exact) mass is 271 g/mol. The number of fused-ring (bicyclic) bond motifs is 1. The first-order chi connectivity index (χ1) is 9.35. The second kappa shape index (κ2) is 5.42. The van der Waals surface area contributed by atoms with E-state index in [1.165, 1.54) is 0 Å². The molecule has 0 amide bonds. The fraction of sp³-hybridized carbons (Fsp3) is 0.143. The second-order valence-electron chi connectivity index (χ2n) is 4.16. The lowest BCUT2D eigenvalue weighted by atomic mass is 10.2. The molecule has 0 unspecified atom stereocenters. The normalized spacial score (nSPS) is 11.0. The van der Waals surface area contributed by atoms with Gasteiger partial charge < -0.3 is 10.1 Å². The Hall–Kier alpha value is -1.85. The van der Waals surface area contributed by atoms with Crippen LogP contribution < -0.4 is 0 Å².